The number of hydrogen-bond donors (Lipinski definition) is 1. The van der Waals surface area contributed by atoms with Crippen LogP contribution in [-0.4, -0.2) is 21.7 Å². The molecule has 1 aliphatic heterocycles. The van der Waals surface area contributed by atoms with Crippen LogP contribution >= 0.6 is 0 Å². The van der Waals surface area contributed by atoms with Crippen molar-refractivity contribution in [2.75, 3.05) is 0 Å². The van der Waals surface area contributed by atoms with E-state index in [1.54, 1.807) is 0 Å². The lowest BCUT2D eigenvalue weighted by Crippen LogP contribution is -2.38. The molecule has 0 spiro atoms. The average molecular weight is 157 g/mol. The van der Waals surface area contributed by atoms with Crippen molar-refractivity contribution in [2.24, 2.45) is 5.41 Å². The highest BCUT2D eigenvalue weighted by atomic mass is 16.5. The molecule has 0 atom stereocenters. The molecule has 3 heteroatoms. The van der Waals surface area contributed by atoms with E-state index in [0.29, 0.717) is 6.42 Å². The van der Waals surface area contributed by atoms with Crippen LogP contribution < -0.4 is 0 Å². The number of nitrogens with zero attached hydrogens (tertiary/aromatic N) is 1. The molecule has 0 aliphatic carbocycles. The second-order valence-electron chi connectivity index (χ2n) is 4.49. The summed E-state index contributed by atoms with van der Waals surface area (Å²) < 4.78 is 0. The van der Waals surface area contributed by atoms with Crippen LogP contribution in [0.5, 0.6) is 0 Å². The Morgan fingerprint density at radius 1 is 1.36 bits per heavy atom. The normalized spacial score (nSPS) is 27.7. The van der Waals surface area contributed by atoms with Crippen molar-refractivity contribution in [2.45, 2.75) is 39.7 Å². The van der Waals surface area contributed by atoms with Crippen LogP contribution in [0.4, 0.5) is 0 Å². The number of carbonyl (C=O) groups is 1. The van der Waals surface area contributed by atoms with Crippen LogP contribution in [0.15, 0.2) is 0 Å². The van der Waals surface area contributed by atoms with Crippen molar-refractivity contribution in [3.63, 3.8) is 0 Å². The first-order chi connectivity index (χ1) is 4.77. The Morgan fingerprint density at radius 3 is 1.91 bits per heavy atom. The van der Waals surface area contributed by atoms with Crippen LogP contribution in [0.25, 0.3) is 0 Å². The number of rotatable bonds is 0. The largest absolute Gasteiger partial charge is 0.285 e. The molecule has 0 aromatic carbocycles. The maximum atomic E-state index is 11.3. The highest BCUT2D eigenvalue weighted by Gasteiger charge is 2.49. The van der Waals surface area contributed by atoms with Gasteiger partial charge in [-0.05, 0) is 20.3 Å². The molecule has 1 N–H and O–H groups in total. The summed E-state index contributed by atoms with van der Waals surface area (Å²) in [5.74, 6) is -0.178. The maximum Gasteiger partial charge on any atom is 0.252 e. The lowest BCUT2D eigenvalue weighted by molar-refractivity contribution is -0.179. The third kappa shape index (κ3) is 1.13. The summed E-state index contributed by atoms with van der Waals surface area (Å²) in [6, 6.07) is 0. The van der Waals surface area contributed by atoms with Gasteiger partial charge in [0.15, 0.2) is 0 Å². The van der Waals surface area contributed by atoms with Gasteiger partial charge in [-0.2, -0.15) is 0 Å². The summed E-state index contributed by atoms with van der Waals surface area (Å²) in [5.41, 5.74) is -0.807. The third-order valence-electron chi connectivity index (χ3n) is 2.22. The first-order valence-electron chi connectivity index (χ1n) is 3.81. The molecule has 0 bridgehead atoms. The summed E-state index contributed by atoms with van der Waals surface area (Å²) in [6.07, 6.45) is 0.704. The minimum atomic E-state index is -0.405. The average Bonchev–Trinajstić information content (AvgIpc) is 1.91. The van der Waals surface area contributed by atoms with E-state index in [-0.39, 0.29) is 5.91 Å². The van der Waals surface area contributed by atoms with Gasteiger partial charge in [0.25, 0.3) is 5.91 Å². The van der Waals surface area contributed by atoms with Gasteiger partial charge in [-0.15, -0.1) is 0 Å². The van der Waals surface area contributed by atoms with E-state index in [2.05, 4.69) is 0 Å². The molecule has 1 heterocycles. The van der Waals surface area contributed by atoms with Gasteiger partial charge in [-0.25, -0.2) is 5.06 Å². The molecule has 0 aromatic rings. The van der Waals surface area contributed by atoms with Gasteiger partial charge in [0.05, 0.1) is 5.54 Å². The van der Waals surface area contributed by atoms with E-state index in [1.807, 2.05) is 27.7 Å². The van der Waals surface area contributed by atoms with Gasteiger partial charge < -0.3 is 0 Å². The summed E-state index contributed by atoms with van der Waals surface area (Å²) in [7, 11) is 0. The van der Waals surface area contributed by atoms with E-state index in [0.717, 1.165) is 5.06 Å². The van der Waals surface area contributed by atoms with Crippen LogP contribution in [0, 0.1) is 5.41 Å². The first kappa shape index (κ1) is 8.53. The van der Waals surface area contributed by atoms with Gasteiger partial charge in [0.1, 0.15) is 0 Å². The molecular formula is C8H15NO2. The van der Waals surface area contributed by atoms with E-state index < -0.39 is 11.0 Å². The van der Waals surface area contributed by atoms with Gasteiger partial charge in [-0.3, -0.25) is 10.0 Å². The van der Waals surface area contributed by atoms with Crippen LogP contribution in [0.2, 0.25) is 0 Å². The van der Waals surface area contributed by atoms with Gasteiger partial charge in [0, 0.05) is 5.41 Å². The zero-order chi connectivity index (χ0) is 8.86. The molecule has 1 amide bonds. The first-order valence-corrected chi connectivity index (χ1v) is 3.81. The molecule has 0 saturated carbocycles. The van der Waals surface area contributed by atoms with E-state index in [9.17, 15) is 10.0 Å². The maximum absolute atomic E-state index is 11.3. The Labute approximate surface area is 67.0 Å². The molecule has 1 aliphatic rings. The van der Waals surface area contributed by atoms with Crippen molar-refractivity contribution >= 4 is 5.91 Å². The van der Waals surface area contributed by atoms with Crippen LogP contribution in [0.1, 0.15) is 34.1 Å². The van der Waals surface area contributed by atoms with Crippen molar-refractivity contribution in [1.82, 2.24) is 5.06 Å². The highest BCUT2D eigenvalue weighted by molar-refractivity contribution is 5.84. The van der Waals surface area contributed by atoms with Gasteiger partial charge in [0.2, 0.25) is 0 Å². The Morgan fingerprint density at radius 2 is 1.82 bits per heavy atom. The Hall–Kier alpha value is -0.570. The lowest BCUT2D eigenvalue weighted by Gasteiger charge is -2.24. The van der Waals surface area contributed by atoms with E-state index in [1.165, 1.54) is 0 Å². The number of hydroxylamine groups is 2. The van der Waals surface area contributed by atoms with Gasteiger partial charge >= 0.3 is 0 Å². The molecule has 0 aromatic heterocycles. The van der Waals surface area contributed by atoms with Crippen molar-refractivity contribution in [3.05, 3.63) is 0 Å². The fourth-order valence-electron chi connectivity index (χ4n) is 1.79. The minimum Gasteiger partial charge on any atom is -0.285 e. The molecule has 11 heavy (non-hydrogen) atoms. The van der Waals surface area contributed by atoms with Crippen molar-refractivity contribution in [1.29, 1.82) is 0 Å². The number of hydrogen-bond acceptors (Lipinski definition) is 2. The second-order valence-corrected chi connectivity index (χ2v) is 4.49. The predicted molar refractivity (Wildman–Crippen MR) is 41.1 cm³/mol. The standard InChI is InChI=1S/C8H15NO2/c1-7(2)5-8(3,4)9(11)6(7)10/h11H,5H2,1-4H3. The van der Waals surface area contributed by atoms with Crippen LogP contribution in [0.3, 0.4) is 0 Å². The summed E-state index contributed by atoms with van der Waals surface area (Å²) >= 11 is 0. The molecule has 0 unspecified atom stereocenters. The Balaban J connectivity index is 2.96. The van der Waals surface area contributed by atoms with Crippen molar-refractivity contribution < 1.29 is 10.0 Å². The summed E-state index contributed by atoms with van der Waals surface area (Å²) in [5, 5.41) is 10.2. The van der Waals surface area contributed by atoms with Gasteiger partial charge in [-0.1, -0.05) is 13.8 Å². The van der Waals surface area contributed by atoms with Crippen molar-refractivity contribution in [3.8, 4) is 0 Å². The fraction of sp³-hybridized carbons (Fsp3) is 0.875. The van der Waals surface area contributed by atoms with E-state index >= 15 is 0 Å². The predicted octanol–water partition coefficient (Wildman–Crippen LogP) is 1.41. The fourth-order valence-corrected chi connectivity index (χ4v) is 1.79. The molecule has 0 radical (unpaired) electrons. The lowest BCUT2D eigenvalue weighted by atomic mass is 9.85. The van der Waals surface area contributed by atoms with Crippen LogP contribution in [-0.2, 0) is 4.79 Å². The third-order valence-corrected chi connectivity index (χ3v) is 2.22. The number of amides is 1. The molecular weight excluding hydrogens is 142 g/mol. The van der Waals surface area contributed by atoms with E-state index in [4.69, 9.17) is 0 Å². The molecule has 1 fully saturated rings. The molecule has 1 saturated heterocycles. The molecule has 64 valence electrons. The highest BCUT2D eigenvalue weighted by Crippen LogP contribution is 2.40. The topological polar surface area (TPSA) is 40.5 Å². The zero-order valence-corrected chi connectivity index (χ0v) is 7.51. The number of carbonyl (C=O) groups excluding carboxylic acids is 1. The molecule has 3 nitrogen and oxygen atoms in total. The smallest absolute Gasteiger partial charge is 0.252 e. The summed E-state index contributed by atoms with van der Waals surface area (Å²) in [4.78, 5) is 11.3. The minimum absolute atomic E-state index is 0.178. The second kappa shape index (κ2) is 1.97. The SMILES string of the molecule is CC1(C)CC(C)(C)N(O)C1=O. The Kier molecular flexibility index (Phi) is 1.53. The Bertz CT molecular complexity index is 196. The molecule has 1 rings (SSSR count). The monoisotopic (exact) mass is 157 g/mol. The quantitative estimate of drug-likeness (QED) is 0.540. The zero-order valence-electron chi connectivity index (χ0n) is 7.51. The summed E-state index contributed by atoms with van der Waals surface area (Å²) in [6.45, 7) is 7.43.